The molecule has 2 unspecified atom stereocenters. The lowest BCUT2D eigenvalue weighted by atomic mass is 10.0. The first-order chi connectivity index (χ1) is 4.16. The maximum atomic E-state index is 5.14. The summed E-state index contributed by atoms with van der Waals surface area (Å²) >= 11 is 3.48. The first-order valence-corrected chi connectivity index (χ1v) is 4.16. The Kier molecular flexibility index (Phi) is 4.90. The second-order valence-electron chi connectivity index (χ2n) is 2.53. The van der Waals surface area contributed by atoms with E-state index in [1.807, 2.05) is 0 Å². The Balaban J connectivity index is 3.29. The molecule has 0 heterocycles. The van der Waals surface area contributed by atoms with Crippen molar-refractivity contribution in [2.75, 3.05) is 0 Å². The monoisotopic (exact) mass is 188 g/mol. The van der Waals surface area contributed by atoms with Crippen LogP contribution in [0.3, 0.4) is 0 Å². The molecule has 0 saturated carbocycles. The zero-order valence-electron chi connectivity index (χ0n) is 6.02. The van der Waals surface area contributed by atoms with Crippen molar-refractivity contribution < 1.29 is 0 Å². The Hall–Kier alpha value is 0.0400. The summed E-state index contributed by atoms with van der Waals surface area (Å²) in [4.78, 5) is 0.598. The van der Waals surface area contributed by atoms with Crippen LogP contribution in [0.15, 0.2) is 0 Å². The Labute approximate surface area is 66.2 Å². The van der Waals surface area contributed by atoms with Crippen molar-refractivity contribution in [2.24, 2.45) is 5.92 Å². The molecule has 0 aromatic carbocycles. The molecule has 0 N–H and O–H groups in total. The number of halogens is 1. The third-order valence-electron chi connectivity index (χ3n) is 1.19. The van der Waals surface area contributed by atoms with E-state index < -0.39 is 0 Å². The van der Waals surface area contributed by atoms with Crippen LogP contribution in [-0.4, -0.2) is 4.83 Å². The van der Waals surface area contributed by atoms with Crippen LogP contribution in [0, 0.1) is 18.3 Å². The number of hydrogen-bond donors (Lipinski definition) is 0. The summed E-state index contributed by atoms with van der Waals surface area (Å²) in [5, 5.41) is 0. The van der Waals surface area contributed by atoms with Gasteiger partial charge in [0, 0.05) is 11.2 Å². The zero-order valence-corrected chi connectivity index (χ0v) is 7.61. The van der Waals surface area contributed by atoms with E-state index in [0.29, 0.717) is 10.7 Å². The normalized spacial score (nSPS) is 16.2. The molecular formula is C8H13Br. The van der Waals surface area contributed by atoms with Crippen LogP contribution in [0.1, 0.15) is 26.7 Å². The molecule has 0 fully saturated rings. The largest absolute Gasteiger partial charge is 0.120 e. The highest BCUT2D eigenvalue weighted by Crippen LogP contribution is 2.14. The fraction of sp³-hybridized carbons (Fsp3) is 0.750. The van der Waals surface area contributed by atoms with Crippen molar-refractivity contribution in [1.29, 1.82) is 0 Å². The maximum absolute atomic E-state index is 5.14. The third kappa shape index (κ3) is 5.92. The number of hydrogen-bond acceptors (Lipinski definition) is 0. The predicted octanol–water partition coefficient (Wildman–Crippen LogP) is 2.82. The summed E-state index contributed by atoms with van der Waals surface area (Å²) in [6, 6.07) is 0. The van der Waals surface area contributed by atoms with E-state index in [9.17, 15) is 0 Å². The Morgan fingerprint density at radius 1 is 1.56 bits per heavy atom. The van der Waals surface area contributed by atoms with Gasteiger partial charge >= 0.3 is 0 Å². The average molecular weight is 189 g/mol. The molecule has 0 aromatic heterocycles. The number of alkyl halides is 1. The van der Waals surface area contributed by atoms with Gasteiger partial charge in [0.25, 0.3) is 0 Å². The minimum atomic E-state index is 0.598. The highest BCUT2D eigenvalue weighted by molar-refractivity contribution is 9.09. The van der Waals surface area contributed by atoms with Crippen LogP contribution in [-0.2, 0) is 0 Å². The van der Waals surface area contributed by atoms with E-state index in [1.54, 1.807) is 0 Å². The quantitative estimate of drug-likeness (QED) is 0.473. The molecule has 0 nitrogen and oxygen atoms in total. The maximum Gasteiger partial charge on any atom is 0.0120 e. The first-order valence-electron chi connectivity index (χ1n) is 3.24. The summed E-state index contributed by atoms with van der Waals surface area (Å²) in [6.07, 6.45) is 7.21. The van der Waals surface area contributed by atoms with E-state index in [1.165, 1.54) is 6.42 Å². The van der Waals surface area contributed by atoms with Crippen molar-refractivity contribution in [2.45, 2.75) is 31.5 Å². The lowest BCUT2D eigenvalue weighted by Gasteiger charge is -2.07. The first kappa shape index (κ1) is 9.04. The minimum absolute atomic E-state index is 0.598. The van der Waals surface area contributed by atoms with Gasteiger partial charge < -0.3 is 0 Å². The van der Waals surface area contributed by atoms with Gasteiger partial charge in [-0.3, -0.25) is 0 Å². The van der Waals surface area contributed by atoms with Crippen LogP contribution in [0.25, 0.3) is 0 Å². The van der Waals surface area contributed by atoms with Crippen molar-refractivity contribution >= 4 is 15.9 Å². The second kappa shape index (κ2) is 4.88. The SMILES string of the molecule is C#CCC(C)CC(C)Br. The van der Waals surface area contributed by atoms with Gasteiger partial charge in [0.05, 0.1) is 0 Å². The molecule has 0 aliphatic carbocycles. The van der Waals surface area contributed by atoms with Crippen LogP contribution < -0.4 is 0 Å². The molecule has 0 aliphatic rings. The van der Waals surface area contributed by atoms with Gasteiger partial charge in [0.15, 0.2) is 0 Å². The molecule has 9 heavy (non-hydrogen) atoms. The summed E-state index contributed by atoms with van der Waals surface area (Å²) in [5.41, 5.74) is 0. The van der Waals surface area contributed by atoms with E-state index in [2.05, 4.69) is 35.7 Å². The standard InChI is InChI=1S/C8H13Br/c1-4-5-7(2)6-8(3)9/h1,7-8H,5-6H2,2-3H3. The van der Waals surface area contributed by atoms with Crippen molar-refractivity contribution in [3.05, 3.63) is 0 Å². The van der Waals surface area contributed by atoms with E-state index in [4.69, 9.17) is 6.42 Å². The van der Waals surface area contributed by atoms with E-state index in [0.717, 1.165) is 6.42 Å². The Morgan fingerprint density at radius 2 is 2.11 bits per heavy atom. The van der Waals surface area contributed by atoms with E-state index in [-0.39, 0.29) is 0 Å². The second-order valence-corrected chi connectivity index (χ2v) is 4.09. The van der Waals surface area contributed by atoms with Gasteiger partial charge in [0.2, 0.25) is 0 Å². The van der Waals surface area contributed by atoms with Gasteiger partial charge in [-0.25, -0.2) is 0 Å². The zero-order chi connectivity index (χ0) is 7.28. The molecule has 0 aliphatic heterocycles. The molecule has 0 saturated heterocycles. The van der Waals surface area contributed by atoms with Crippen LogP contribution >= 0.6 is 15.9 Å². The molecule has 0 aromatic rings. The topological polar surface area (TPSA) is 0 Å². The van der Waals surface area contributed by atoms with E-state index >= 15 is 0 Å². The van der Waals surface area contributed by atoms with Gasteiger partial charge in [-0.05, 0) is 12.3 Å². The fourth-order valence-electron chi connectivity index (χ4n) is 0.839. The lowest BCUT2D eigenvalue weighted by molar-refractivity contribution is 0.550. The molecule has 1 heteroatoms. The molecule has 2 atom stereocenters. The smallest absolute Gasteiger partial charge is 0.0120 e. The summed E-state index contributed by atoms with van der Waals surface area (Å²) in [6.45, 7) is 4.32. The van der Waals surface area contributed by atoms with Crippen LogP contribution in [0.5, 0.6) is 0 Å². The minimum Gasteiger partial charge on any atom is -0.120 e. The summed E-state index contributed by atoms with van der Waals surface area (Å²) in [5.74, 6) is 3.31. The van der Waals surface area contributed by atoms with Crippen molar-refractivity contribution in [1.82, 2.24) is 0 Å². The Bertz CT molecular complexity index is 99.6. The Morgan fingerprint density at radius 3 is 2.44 bits per heavy atom. The van der Waals surface area contributed by atoms with Crippen LogP contribution in [0.4, 0.5) is 0 Å². The number of terminal acetylenes is 1. The number of rotatable bonds is 3. The molecule has 0 bridgehead atoms. The highest BCUT2D eigenvalue weighted by atomic mass is 79.9. The lowest BCUT2D eigenvalue weighted by Crippen LogP contribution is -1.99. The molecule has 0 radical (unpaired) electrons. The van der Waals surface area contributed by atoms with Crippen molar-refractivity contribution in [3.8, 4) is 12.3 Å². The van der Waals surface area contributed by atoms with Gasteiger partial charge in [-0.1, -0.05) is 29.8 Å². The molecule has 0 spiro atoms. The van der Waals surface area contributed by atoms with Gasteiger partial charge in [-0.2, -0.15) is 0 Å². The van der Waals surface area contributed by atoms with Crippen LogP contribution in [0.2, 0.25) is 0 Å². The molecule has 52 valence electrons. The van der Waals surface area contributed by atoms with Crippen molar-refractivity contribution in [3.63, 3.8) is 0 Å². The molecular weight excluding hydrogens is 176 g/mol. The predicted molar refractivity (Wildman–Crippen MR) is 45.6 cm³/mol. The molecule has 0 rings (SSSR count). The van der Waals surface area contributed by atoms with Gasteiger partial charge in [-0.15, -0.1) is 12.3 Å². The summed E-state index contributed by atoms with van der Waals surface area (Å²) < 4.78 is 0. The molecule has 0 amide bonds. The highest BCUT2D eigenvalue weighted by Gasteiger charge is 2.02. The fourth-order valence-corrected chi connectivity index (χ4v) is 1.48. The third-order valence-corrected chi connectivity index (χ3v) is 1.57. The summed E-state index contributed by atoms with van der Waals surface area (Å²) in [7, 11) is 0. The van der Waals surface area contributed by atoms with Gasteiger partial charge in [0.1, 0.15) is 0 Å². The average Bonchev–Trinajstić information content (AvgIpc) is 1.63.